The number of carboxylic acid groups (broad SMARTS) is 1. The van der Waals surface area contributed by atoms with Crippen molar-refractivity contribution in [1.82, 2.24) is 5.32 Å². The topological polar surface area (TPSA) is 84.9 Å². The maximum atomic E-state index is 12.5. The number of aryl methyl sites for hydroxylation is 2. The fraction of sp³-hybridized carbons (Fsp3) is 0.263. The van der Waals surface area contributed by atoms with Gasteiger partial charge in [0.15, 0.2) is 17.5 Å². The molecule has 0 saturated carbocycles. The van der Waals surface area contributed by atoms with E-state index in [4.69, 9.17) is 9.47 Å². The molecule has 2 atom stereocenters. The summed E-state index contributed by atoms with van der Waals surface area (Å²) in [5.41, 5.74) is 2.53. The fourth-order valence-electron chi connectivity index (χ4n) is 2.62. The highest BCUT2D eigenvalue weighted by atomic mass is 16.6. The Hall–Kier alpha value is -3.02. The van der Waals surface area contributed by atoms with E-state index in [1.54, 1.807) is 30.3 Å². The summed E-state index contributed by atoms with van der Waals surface area (Å²) in [5.74, 6) is -0.628. The first-order valence-electron chi connectivity index (χ1n) is 7.94. The van der Waals surface area contributed by atoms with Gasteiger partial charge in [0.2, 0.25) is 6.10 Å². The molecule has 130 valence electrons. The monoisotopic (exact) mass is 341 g/mol. The first-order chi connectivity index (χ1) is 12.0. The van der Waals surface area contributed by atoms with Crippen LogP contribution < -0.4 is 14.8 Å². The van der Waals surface area contributed by atoms with E-state index in [9.17, 15) is 14.7 Å². The molecule has 1 heterocycles. The van der Waals surface area contributed by atoms with E-state index < -0.39 is 24.0 Å². The lowest BCUT2D eigenvalue weighted by Crippen LogP contribution is -2.46. The maximum absolute atomic E-state index is 12.5. The summed E-state index contributed by atoms with van der Waals surface area (Å²) in [6, 6.07) is 11.2. The zero-order valence-electron chi connectivity index (χ0n) is 14.0. The molecule has 1 aliphatic heterocycles. The molecule has 1 amide bonds. The normalized spacial score (nSPS) is 16.8. The lowest BCUT2D eigenvalue weighted by Gasteiger charge is -2.26. The molecule has 2 aromatic carbocycles. The number of carbonyl (C=O) groups excluding carboxylic acids is 1. The molecule has 0 fully saturated rings. The molecule has 6 heteroatoms. The van der Waals surface area contributed by atoms with Crippen LogP contribution in [0.4, 0.5) is 0 Å². The van der Waals surface area contributed by atoms with Crippen molar-refractivity contribution in [3.05, 3.63) is 59.2 Å². The SMILES string of the molecule is Cc1ccc(C(NC(=O)C2COc3ccccc3O2)C(=O)O)cc1C. The zero-order chi connectivity index (χ0) is 18.0. The molecule has 0 spiro atoms. The fourth-order valence-corrected chi connectivity index (χ4v) is 2.62. The van der Waals surface area contributed by atoms with Gasteiger partial charge in [-0.1, -0.05) is 30.3 Å². The molecule has 0 bridgehead atoms. The number of benzene rings is 2. The molecule has 3 rings (SSSR count). The van der Waals surface area contributed by atoms with Gasteiger partial charge in [0.1, 0.15) is 6.61 Å². The first kappa shape index (κ1) is 16.8. The Kier molecular flexibility index (Phi) is 4.61. The minimum absolute atomic E-state index is 0.0299. The molecule has 2 unspecified atom stereocenters. The highest BCUT2D eigenvalue weighted by Crippen LogP contribution is 2.31. The summed E-state index contributed by atoms with van der Waals surface area (Å²) in [6.07, 6.45) is -0.900. The molecule has 0 aromatic heterocycles. The Morgan fingerprint density at radius 2 is 1.84 bits per heavy atom. The minimum Gasteiger partial charge on any atom is -0.485 e. The summed E-state index contributed by atoms with van der Waals surface area (Å²) >= 11 is 0. The number of nitrogens with one attached hydrogen (secondary N) is 1. The van der Waals surface area contributed by atoms with E-state index in [1.165, 1.54) is 0 Å². The molecule has 0 radical (unpaired) electrons. The van der Waals surface area contributed by atoms with Gasteiger partial charge >= 0.3 is 5.97 Å². The molecule has 25 heavy (non-hydrogen) atoms. The highest BCUT2D eigenvalue weighted by Gasteiger charge is 2.31. The van der Waals surface area contributed by atoms with Gasteiger partial charge in [0.25, 0.3) is 5.91 Å². The van der Waals surface area contributed by atoms with E-state index in [0.29, 0.717) is 17.1 Å². The third-order valence-corrected chi connectivity index (χ3v) is 4.20. The summed E-state index contributed by atoms with van der Waals surface area (Å²) < 4.78 is 11.1. The number of carboxylic acids is 1. The summed E-state index contributed by atoms with van der Waals surface area (Å²) in [5, 5.41) is 12.0. The van der Waals surface area contributed by atoms with Gasteiger partial charge in [-0.3, -0.25) is 4.79 Å². The van der Waals surface area contributed by atoms with E-state index in [-0.39, 0.29) is 6.61 Å². The van der Waals surface area contributed by atoms with E-state index in [1.807, 2.05) is 26.0 Å². The number of aliphatic carboxylic acids is 1. The van der Waals surface area contributed by atoms with Gasteiger partial charge in [-0.05, 0) is 42.7 Å². The molecule has 6 nitrogen and oxygen atoms in total. The Balaban J connectivity index is 1.75. The van der Waals surface area contributed by atoms with Crippen molar-refractivity contribution >= 4 is 11.9 Å². The molecule has 0 saturated heterocycles. The van der Waals surface area contributed by atoms with Gasteiger partial charge in [-0.25, -0.2) is 4.79 Å². The van der Waals surface area contributed by atoms with Crippen LogP contribution in [0.1, 0.15) is 22.7 Å². The third kappa shape index (κ3) is 3.57. The lowest BCUT2D eigenvalue weighted by atomic mass is 10.0. The van der Waals surface area contributed by atoms with E-state index in [0.717, 1.165) is 11.1 Å². The van der Waals surface area contributed by atoms with Crippen LogP contribution in [0.3, 0.4) is 0 Å². The van der Waals surface area contributed by atoms with Crippen molar-refractivity contribution < 1.29 is 24.2 Å². The Bertz CT molecular complexity index is 817. The van der Waals surface area contributed by atoms with Gasteiger partial charge in [-0.15, -0.1) is 0 Å². The van der Waals surface area contributed by atoms with Gasteiger partial charge in [-0.2, -0.15) is 0 Å². The predicted molar refractivity (Wildman–Crippen MR) is 90.8 cm³/mol. The number of rotatable bonds is 4. The minimum atomic E-state index is -1.15. The van der Waals surface area contributed by atoms with Crippen molar-refractivity contribution in [3.8, 4) is 11.5 Å². The predicted octanol–water partition coefficient (Wildman–Crippen LogP) is 2.39. The maximum Gasteiger partial charge on any atom is 0.330 e. The quantitative estimate of drug-likeness (QED) is 0.892. The van der Waals surface area contributed by atoms with Crippen molar-refractivity contribution in [2.24, 2.45) is 0 Å². The average molecular weight is 341 g/mol. The number of carbonyl (C=O) groups is 2. The summed E-state index contributed by atoms with van der Waals surface area (Å²) in [6.45, 7) is 3.87. The number of ether oxygens (including phenoxy) is 2. The van der Waals surface area contributed by atoms with Crippen molar-refractivity contribution in [3.63, 3.8) is 0 Å². The largest absolute Gasteiger partial charge is 0.485 e. The van der Waals surface area contributed by atoms with Crippen LogP contribution in [0.2, 0.25) is 0 Å². The Labute approximate surface area is 145 Å². The first-order valence-corrected chi connectivity index (χ1v) is 7.94. The second-order valence-electron chi connectivity index (χ2n) is 5.99. The summed E-state index contributed by atoms with van der Waals surface area (Å²) in [4.78, 5) is 24.1. The van der Waals surface area contributed by atoms with Crippen LogP contribution in [0.15, 0.2) is 42.5 Å². The van der Waals surface area contributed by atoms with Gasteiger partial charge in [0, 0.05) is 0 Å². The second-order valence-corrected chi connectivity index (χ2v) is 5.99. The number of para-hydroxylation sites is 2. The van der Waals surface area contributed by atoms with Crippen LogP contribution >= 0.6 is 0 Å². The van der Waals surface area contributed by atoms with Crippen LogP contribution in [-0.4, -0.2) is 29.7 Å². The third-order valence-electron chi connectivity index (χ3n) is 4.20. The van der Waals surface area contributed by atoms with Gasteiger partial charge in [0.05, 0.1) is 0 Å². The van der Waals surface area contributed by atoms with Crippen LogP contribution in [-0.2, 0) is 9.59 Å². The Morgan fingerprint density at radius 1 is 1.12 bits per heavy atom. The smallest absolute Gasteiger partial charge is 0.330 e. The molecule has 0 aliphatic carbocycles. The standard InChI is InChI=1S/C19H19NO5/c1-11-7-8-13(9-12(11)2)17(19(22)23)20-18(21)16-10-24-14-5-3-4-6-15(14)25-16/h3-9,16-17H,10H2,1-2H3,(H,20,21)(H,22,23). The van der Waals surface area contributed by atoms with E-state index in [2.05, 4.69) is 5.32 Å². The van der Waals surface area contributed by atoms with Crippen LogP contribution in [0.25, 0.3) is 0 Å². The molecule has 2 N–H and O–H groups in total. The second kappa shape index (κ2) is 6.84. The molecular weight excluding hydrogens is 322 g/mol. The number of amides is 1. The molecule has 2 aromatic rings. The zero-order valence-corrected chi connectivity index (χ0v) is 14.0. The average Bonchev–Trinajstić information content (AvgIpc) is 2.61. The number of fused-ring (bicyclic) bond motifs is 1. The van der Waals surface area contributed by atoms with Gasteiger partial charge < -0.3 is 19.9 Å². The van der Waals surface area contributed by atoms with E-state index >= 15 is 0 Å². The van der Waals surface area contributed by atoms with Crippen LogP contribution in [0, 0.1) is 13.8 Å². The van der Waals surface area contributed by atoms with Crippen LogP contribution in [0.5, 0.6) is 11.5 Å². The lowest BCUT2D eigenvalue weighted by molar-refractivity contribution is -0.143. The van der Waals surface area contributed by atoms with Crippen molar-refractivity contribution in [2.45, 2.75) is 26.0 Å². The number of hydrogen-bond donors (Lipinski definition) is 2. The molecular formula is C19H19NO5. The Morgan fingerprint density at radius 3 is 2.52 bits per heavy atom. The van der Waals surface area contributed by atoms with Crippen molar-refractivity contribution in [1.29, 1.82) is 0 Å². The summed E-state index contributed by atoms with van der Waals surface area (Å²) in [7, 11) is 0. The van der Waals surface area contributed by atoms with Crippen molar-refractivity contribution in [2.75, 3.05) is 6.61 Å². The number of hydrogen-bond acceptors (Lipinski definition) is 4. The highest BCUT2D eigenvalue weighted by molar-refractivity contribution is 5.87. The molecule has 1 aliphatic rings.